The van der Waals surface area contributed by atoms with Gasteiger partial charge in [-0.1, -0.05) is 102 Å². The van der Waals surface area contributed by atoms with E-state index in [9.17, 15) is 0 Å². The Morgan fingerprint density at radius 3 is 1.13 bits per heavy atom. The van der Waals surface area contributed by atoms with Crippen molar-refractivity contribution < 1.29 is 0 Å². The lowest BCUT2D eigenvalue weighted by molar-refractivity contribution is 0.591. The van der Waals surface area contributed by atoms with E-state index in [1.54, 1.807) is 0 Å². The zero-order chi connectivity index (χ0) is 42.1. The minimum absolute atomic E-state index is 0.0508. The summed E-state index contributed by atoms with van der Waals surface area (Å²) < 4.78 is 10.3. The molecular weight excluding hydrogens is 789 g/mol. The molecule has 0 saturated carbocycles. The Morgan fingerprint density at radius 2 is 0.710 bits per heavy atom. The SMILES string of the molecule is CC(C)(C)c1ccc2c(c1)c1cc(CCc3ccc4c(c3)c3cc(C(C)(C)C)ccc3n4-c3ccc4sc5ccccc5c4c3)ccc1n2-c1ccc2sc3ccccc3c2c1. The van der Waals surface area contributed by atoms with Crippen LogP contribution in [0.3, 0.4) is 0 Å². The molecule has 4 heteroatoms. The van der Waals surface area contributed by atoms with Crippen LogP contribution >= 0.6 is 22.7 Å². The third-order valence-corrected chi connectivity index (χ3v) is 15.6. The molecule has 0 spiro atoms. The molecular formula is C58H48N2S2. The Labute approximate surface area is 370 Å². The topological polar surface area (TPSA) is 9.86 Å². The van der Waals surface area contributed by atoms with E-state index in [1.807, 2.05) is 22.7 Å². The van der Waals surface area contributed by atoms with Gasteiger partial charge < -0.3 is 9.13 Å². The van der Waals surface area contributed by atoms with Gasteiger partial charge in [-0.15, -0.1) is 22.7 Å². The number of benzene rings is 8. The zero-order valence-electron chi connectivity index (χ0n) is 36.1. The van der Waals surface area contributed by atoms with Gasteiger partial charge in [0.2, 0.25) is 0 Å². The van der Waals surface area contributed by atoms with Crippen molar-refractivity contribution in [2.75, 3.05) is 0 Å². The number of hydrogen-bond acceptors (Lipinski definition) is 2. The lowest BCUT2D eigenvalue weighted by Gasteiger charge is -2.19. The van der Waals surface area contributed by atoms with Gasteiger partial charge in [0.1, 0.15) is 0 Å². The van der Waals surface area contributed by atoms with Gasteiger partial charge in [-0.3, -0.25) is 0 Å². The second-order valence-electron chi connectivity index (χ2n) is 19.4. The standard InChI is InChI=1S/C58H48N2S2/c1-57(2,3)37-19-25-51-45(31-37)43-29-35(17-23-49(43)59(51)39-21-27-55-47(33-39)41-11-7-9-13-53(41)61-55)15-16-36-18-24-50-44(30-36)46-32-38(58(4,5)6)20-26-52(46)60(50)40-22-28-56-48(34-40)42-12-8-10-14-54(42)62-56/h7-14,17-34H,15-16H2,1-6H3. The minimum Gasteiger partial charge on any atom is -0.309 e. The van der Waals surface area contributed by atoms with Gasteiger partial charge in [0, 0.05) is 73.3 Å². The van der Waals surface area contributed by atoms with E-state index in [-0.39, 0.29) is 10.8 Å². The van der Waals surface area contributed by atoms with Crippen LogP contribution in [0, 0.1) is 0 Å². The summed E-state index contributed by atoms with van der Waals surface area (Å²) in [5, 5.41) is 10.6. The molecule has 0 aliphatic rings. The molecule has 2 nitrogen and oxygen atoms in total. The first-order valence-corrected chi connectivity index (χ1v) is 23.6. The van der Waals surface area contributed by atoms with Gasteiger partial charge in [-0.05, 0) is 143 Å². The van der Waals surface area contributed by atoms with E-state index >= 15 is 0 Å². The average Bonchev–Trinajstić information content (AvgIpc) is 4.01. The Hall–Kier alpha value is -6.20. The van der Waals surface area contributed by atoms with Gasteiger partial charge in [0.15, 0.2) is 0 Å². The summed E-state index contributed by atoms with van der Waals surface area (Å²) in [5.74, 6) is 0. The molecule has 62 heavy (non-hydrogen) atoms. The van der Waals surface area contributed by atoms with Gasteiger partial charge in [0.05, 0.1) is 22.1 Å². The van der Waals surface area contributed by atoms with Crippen molar-refractivity contribution in [1.82, 2.24) is 9.13 Å². The van der Waals surface area contributed by atoms with Gasteiger partial charge in [0.25, 0.3) is 0 Å². The maximum absolute atomic E-state index is 2.49. The predicted octanol–water partition coefficient (Wildman–Crippen LogP) is 17.0. The molecule has 0 amide bonds. The molecule has 4 aromatic heterocycles. The van der Waals surface area contributed by atoms with Crippen LogP contribution in [-0.2, 0) is 23.7 Å². The normalized spacial score (nSPS) is 12.8. The van der Waals surface area contributed by atoms with Crippen molar-refractivity contribution in [2.45, 2.75) is 65.2 Å². The van der Waals surface area contributed by atoms with Crippen molar-refractivity contribution >= 4 is 107 Å². The van der Waals surface area contributed by atoms with E-state index in [0.717, 1.165) is 12.8 Å². The predicted molar refractivity (Wildman–Crippen MR) is 272 cm³/mol. The quantitative estimate of drug-likeness (QED) is 0.163. The Kier molecular flexibility index (Phi) is 8.27. The van der Waals surface area contributed by atoms with Crippen LogP contribution in [-0.4, -0.2) is 9.13 Å². The van der Waals surface area contributed by atoms with Gasteiger partial charge in [-0.25, -0.2) is 0 Å². The lowest BCUT2D eigenvalue weighted by Crippen LogP contribution is -2.10. The summed E-state index contributed by atoms with van der Waals surface area (Å²) in [4.78, 5) is 0. The Balaban J connectivity index is 0.956. The van der Waals surface area contributed by atoms with E-state index in [2.05, 4.69) is 208 Å². The number of thiophene rings is 2. The number of aryl methyl sites for hydroxylation is 2. The van der Waals surface area contributed by atoms with Crippen LogP contribution in [0.25, 0.3) is 95.3 Å². The summed E-state index contributed by atoms with van der Waals surface area (Å²) >= 11 is 3.76. The van der Waals surface area contributed by atoms with E-state index in [4.69, 9.17) is 0 Å². The number of fused-ring (bicyclic) bond motifs is 12. The molecule has 0 atom stereocenters. The van der Waals surface area contributed by atoms with Crippen LogP contribution in [0.15, 0.2) is 158 Å². The summed E-state index contributed by atoms with van der Waals surface area (Å²) in [7, 11) is 0. The average molecular weight is 837 g/mol. The largest absolute Gasteiger partial charge is 0.309 e. The molecule has 0 aliphatic carbocycles. The zero-order valence-corrected chi connectivity index (χ0v) is 37.8. The van der Waals surface area contributed by atoms with Crippen LogP contribution < -0.4 is 0 Å². The van der Waals surface area contributed by atoms with E-state index < -0.39 is 0 Å². The minimum atomic E-state index is 0.0508. The van der Waals surface area contributed by atoms with Crippen LogP contribution in [0.1, 0.15) is 63.8 Å². The fourth-order valence-corrected chi connectivity index (χ4v) is 12.1. The fraction of sp³-hybridized carbons (Fsp3) is 0.172. The molecule has 302 valence electrons. The van der Waals surface area contributed by atoms with Crippen molar-refractivity contribution in [3.63, 3.8) is 0 Å². The molecule has 0 saturated heterocycles. The van der Waals surface area contributed by atoms with Crippen LogP contribution in [0.4, 0.5) is 0 Å². The first kappa shape index (κ1) is 37.6. The number of nitrogens with zero attached hydrogens (tertiary/aromatic N) is 2. The van der Waals surface area contributed by atoms with Crippen molar-refractivity contribution in [3.8, 4) is 11.4 Å². The summed E-state index contributed by atoms with van der Waals surface area (Å²) in [5.41, 5.74) is 13.0. The number of aromatic nitrogens is 2. The highest BCUT2D eigenvalue weighted by Gasteiger charge is 2.21. The molecule has 0 fully saturated rings. The van der Waals surface area contributed by atoms with Crippen molar-refractivity contribution in [1.29, 1.82) is 0 Å². The first-order valence-electron chi connectivity index (χ1n) is 21.9. The molecule has 0 bridgehead atoms. The van der Waals surface area contributed by atoms with E-state index in [0.29, 0.717) is 0 Å². The molecule has 4 heterocycles. The smallest absolute Gasteiger partial charge is 0.0541 e. The Bertz CT molecular complexity index is 3530. The molecule has 12 rings (SSSR count). The summed E-state index contributed by atoms with van der Waals surface area (Å²) in [6.07, 6.45) is 1.93. The lowest BCUT2D eigenvalue weighted by atomic mass is 9.86. The second kappa shape index (κ2) is 13.6. The molecule has 0 unspecified atom stereocenters. The maximum atomic E-state index is 2.49. The molecule has 8 aromatic carbocycles. The monoisotopic (exact) mass is 836 g/mol. The molecule has 0 N–H and O–H groups in total. The maximum Gasteiger partial charge on any atom is 0.0541 e. The second-order valence-corrected chi connectivity index (χ2v) is 21.6. The van der Waals surface area contributed by atoms with Crippen molar-refractivity contribution in [3.05, 3.63) is 180 Å². The first-order chi connectivity index (χ1) is 30.0. The van der Waals surface area contributed by atoms with Gasteiger partial charge >= 0.3 is 0 Å². The number of hydrogen-bond donors (Lipinski definition) is 0. The van der Waals surface area contributed by atoms with Crippen LogP contribution in [0.5, 0.6) is 0 Å². The molecule has 12 aromatic rings. The molecule has 0 radical (unpaired) electrons. The third-order valence-electron chi connectivity index (χ3n) is 13.3. The fourth-order valence-electron chi connectivity index (χ4n) is 9.94. The van der Waals surface area contributed by atoms with Crippen molar-refractivity contribution in [2.24, 2.45) is 0 Å². The highest BCUT2D eigenvalue weighted by molar-refractivity contribution is 7.26. The highest BCUT2D eigenvalue weighted by atomic mass is 32.1. The highest BCUT2D eigenvalue weighted by Crippen LogP contribution is 2.42. The van der Waals surface area contributed by atoms with Crippen LogP contribution in [0.2, 0.25) is 0 Å². The van der Waals surface area contributed by atoms with Gasteiger partial charge in [-0.2, -0.15) is 0 Å². The summed E-state index contributed by atoms with van der Waals surface area (Å²) in [6, 6.07) is 60.3. The summed E-state index contributed by atoms with van der Waals surface area (Å²) in [6.45, 7) is 13.9. The third kappa shape index (κ3) is 5.95. The molecule has 0 aliphatic heterocycles. The van der Waals surface area contributed by atoms with E-state index in [1.165, 1.54) is 118 Å². The number of rotatable bonds is 5. The Morgan fingerprint density at radius 1 is 0.339 bits per heavy atom.